The molecular formula is C25H32. The Bertz CT molecular complexity index is 738. The highest BCUT2D eigenvalue weighted by Crippen LogP contribution is 2.17. The molecule has 0 atom stereocenters. The van der Waals surface area contributed by atoms with Gasteiger partial charge in [-0.2, -0.15) is 0 Å². The molecule has 132 valence electrons. The topological polar surface area (TPSA) is 0 Å². The summed E-state index contributed by atoms with van der Waals surface area (Å²) >= 11 is 0. The van der Waals surface area contributed by atoms with Crippen LogP contribution < -0.4 is 0 Å². The summed E-state index contributed by atoms with van der Waals surface area (Å²) in [4.78, 5) is 0. The van der Waals surface area contributed by atoms with Gasteiger partial charge in [-0.25, -0.2) is 0 Å². The molecule has 0 radical (unpaired) electrons. The largest absolute Gasteiger partial charge is 0.0628 e. The van der Waals surface area contributed by atoms with Crippen LogP contribution in [0.3, 0.4) is 0 Å². The van der Waals surface area contributed by atoms with Gasteiger partial charge in [0.15, 0.2) is 0 Å². The van der Waals surface area contributed by atoms with Crippen molar-refractivity contribution in [1.29, 1.82) is 0 Å². The molecule has 0 nitrogen and oxygen atoms in total. The van der Waals surface area contributed by atoms with Crippen molar-refractivity contribution in [2.45, 2.75) is 47.0 Å². The van der Waals surface area contributed by atoms with E-state index in [1.165, 1.54) is 41.2 Å². The molecule has 0 fully saturated rings. The van der Waals surface area contributed by atoms with Gasteiger partial charge in [-0.15, -0.1) is 0 Å². The van der Waals surface area contributed by atoms with Crippen LogP contribution in [0.25, 0.3) is 10.8 Å². The normalized spacial score (nSPS) is 10.8. The van der Waals surface area contributed by atoms with Crippen molar-refractivity contribution in [3.05, 3.63) is 83.9 Å². The molecule has 0 bridgehead atoms. The lowest BCUT2D eigenvalue weighted by Gasteiger charge is -2.06. The fourth-order valence-electron chi connectivity index (χ4n) is 2.94. The third-order valence-corrected chi connectivity index (χ3v) is 4.31. The molecule has 0 aliphatic carbocycles. The van der Waals surface area contributed by atoms with Crippen molar-refractivity contribution in [2.24, 2.45) is 11.8 Å². The number of rotatable bonds is 5. The summed E-state index contributed by atoms with van der Waals surface area (Å²) in [5.74, 6) is 1.55. The fourth-order valence-corrected chi connectivity index (χ4v) is 2.94. The molecule has 0 amide bonds. The Kier molecular flexibility index (Phi) is 7.73. The van der Waals surface area contributed by atoms with E-state index in [4.69, 9.17) is 0 Å². The van der Waals surface area contributed by atoms with Gasteiger partial charge < -0.3 is 0 Å². The lowest BCUT2D eigenvalue weighted by Crippen LogP contribution is -1.92. The molecule has 0 saturated heterocycles. The van der Waals surface area contributed by atoms with Gasteiger partial charge >= 0.3 is 0 Å². The van der Waals surface area contributed by atoms with Gasteiger partial charge in [0, 0.05) is 0 Å². The van der Waals surface area contributed by atoms with Crippen molar-refractivity contribution in [3.63, 3.8) is 0 Å². The van der Waals surface area contributed by atoms with Crippen LogP contribution in [0.1, 0.15) is 45.2 Å². The fraction of sp³-hybridized carbons (Fsp3) is 0.360. The first kappa shape index (κ1) is 19.2. The van der Waals surface area contributed by atoms with E-state index in [0.29, 0.717) is 0 Å². The van der Waals surface area contributed by atoms with E-state index in [1.807, 2.05) is 0 Å². The van der Waals surface area contributed by atoms with Gasteiger partial charge in [-0.1, -0.05) is 100 Å². The number of hydrogen-bond acceptors (Lipinski definition) is 0. The van der Waals surface area contributed by atoms with Gasteiger partial charge in [-0.3, -0.25) is 0 Å². The summed E-state index contributed by atoms with van der Waals surface area (Å²) in [6.45, 7) is 9.04. The summed E-state index contributed by atoms with van der Waals surface area (Å²) in [6.07, 6.45) is 3.67. The van der Waals surface area contributed by atoms with Crippen LogP contribution in [0.5, 0.6) is 0 Å². The zero-order valence-corrected chi connectivity index (χ0v) is 16.2. The molecule has 0 heterocycles. The molecule has 0 saturated carbocycles. The van der Waals surface area contributed by atoms with Crippen LogP contribution in [0.15, 0.2) is 72.8 Å². The van der Waals surface area contributed by atoms with E-state index in [-0.39, 0.29) is 0 Å². The highest BCUT2D eigenvalue weighted by molar-refractivity contribution is 5.82. The van der Waals surface area contributed by atoms with Crippen LogP contribution >= 0.6 is 0 Å². The highest BCUT2D eigenvalue weighted by atomic mass is 14.0. The zero-order valence-electron chi connectivity index (χ0n) is 16.2. The lowest BCUT2D eigenvalue weighted by molar-refractivity contribution is 0.587. The summed E-state index contributed by atoms with van der Waals surface area (Å²) in [5, 5.41) is 2.70. The number of benzene rings is 3. The van der Waals surface area contributed by atoms with E-state index < -0.39 is 0 Å². The van der Waals surface area contributed by atoms with E-state index >= 15 is 0 Å². The molecule has 25 heavy (non-hydrogen) atoms. The summed E-state index contributed by atoms with van der Waals surface area (Å²) in [6, 6.07) is 26.0. The van der Waals surface area contributed by atoms with Gasteiger partial charge in [-0.05, 0) is 53.0 Å². The van der Waals surface area contributed by atoms with Crippen molar-refractivity contribution in [1.82, 2.24) is 0 Å². The average molecular weight is 333 g/mol. The van der Waals surface area contributed by atoms with Gasteiger partial charge in [0.05, 0.1) is 0 Å². The van der Waals surface area contributed by atoms with Gasteiger partial charge in [0.2, 0.25) is 0 Å². The van der Waals surface area contributed by atoms with Crippen molar-refractivity contribution in [3.8, 4) is 0 Å². The Balaban J connectivity index is 0.000000196. The second kappa shape index (κ2) is 10.0. The number of fused-ring (bicyclic) bond motifs is 1. The first-order valence-corrected chi connectivity index (χ1v) is 9.56. The van der Waals surface area contributed by atoms with E-state index in [2.05, 4.69) is 100 Å². The van der Waals surface area contributed by atoms with E-state index in [1.54, 1.807) is 0 Å². The lowest BCUT2D eigenvalue weighted by atomic mass is 10.00. The van der Waals surface area contributed by atoms with Gasteiger partial charge in [0.25, 0.3) is 0 Å². The molecule has 0 aliphatic heterocycles. The molecule has 0 heteroatoms. The maximum absolute atomic E-state index is 2.32. The van der Waals surface area contributed by atoms with E-state index in [9.17, 15) is 0 Å². The second-order valence-electron chi connectivity index (χ2n) is 7.70. The Labute approximate surface area is 153 Å². The average Bonchev–Trinajstić information content (AvgIpc) is 2.61. The first-order valence-electron chi connectivity index (χ1n) is 9.56. The van der Waals surface area contributed by atoms with Crippen LogP contribution in [-0.2, 0) is 12.8 Å². The van der Waals surface area contributed by atoms with Gasteiger partial charge in [0.1, 0.15) is 0 Å². The Hall–Kier alpha value is -2.08. The third kappa shape index (κ3) is 7.13. The molecule has 0 spiro atoms. The third-order valence-electron chi connectivity index (χ3n) is 4.31. The SMILES string of the molecule is CC(C)CCc1ccc2ccccc2c1.CC(C)Cc1ccccc1. The smallest absolute Gasteiger partial charge is 0.0181 e. The predicted molar refractivity (Wildman–Crippen MR) is 112 cm³/mol. The molecule has 0 N–H and O–H groups in total. The molecule has 0 unspecified atom stereocenters. The van der Waals surface area contributed by atoms with Crippen LogP contribution in [-0.4, -0.2) is 0 Å². The molecule has 0 aliphatic rings. The van der Waals surface area contributed by atoms with Crippen molar-refractivity contribution in [2.75, 3.05) is 0 Å². The second-order valence-corrected chi connectivity index (χ2v) is 7.70. The van der Waals surface area contributed by atoms with Crippen molar-refractivity contribution < 1.29 is 0 Å². The molecule has 3 aromatic rings. The maximum Gasteiger partial charge on any atom is -0.0181 e. The quantitative estimate of drug-likeness (QED) is 0.459. The van der Waals surface area contributed by atoms with Crippen molar-refractivity contribution >= 4 is 10.8 Å². The molecule has 0 aromatic heterocycles. The monoisotopic (exact) mass is 332 g/mol. The predicted octanol–water partition coefficient (Wildman–Crippen LogP) is 7.31. The van der Waals surface area contributed by atoms with Crippen LogP contribution in [0, 0.1) is 11.8 Å². The Morgan fingerprint density at radius 2 is 1.24 bits per heavy atom. The molecule has 3 aromatic carbocycles. The highest BCUT2D eigenvalue weighted by Gasteiger charge is 1.98. The minimum Gasteiger partial charge on any atom is -0.0628 e. The zero-order chi connectivity index (χ0) is 18.1. The number of hydrogen-bond donors (Lipinski definition) is 0. The maximum atomic E-state index is 2.32. The van der Waals surface area contributed by atoms with Crippen LogP contribution in [0.2, 0.25) is 0 Å². The standard InChI is InChI=1S/C15H18.C10H14/c1-12(2)7-8-13-9-10-14-5-3-4-6-15(14)11-13;1-9(2)8-10-6-4-3-5-7-10/h3-6,9-12H,7-8H2,1-2H3;3-7,9H,8H2,1-2H3. The Morgan fingerprint density at radius 3 is 1.88 bits per heavy atom. The first-order chi connectivity index (χ1) is 12.0. The van der Waals surface area contributed by atoms with E-state index in [0.717, 1.165) is 11.8 Å². The Morgan fingerprint density at radius 1 is 0.600 bits per heavy atom. The minimum atomic E-state index is 0.766. The van der Waals surface area contributed by atoms with Crippen LogP contribution in [0.4, 0.5) is 0 Å². The molecular weight excluding hydrogens is 300 g/mol. The minimum absolute atomic E-state index is 0.766. The number of aryl methyl sites for hydroxylation is 1. The summed E-state index contributed by atoms with van der Waals surface area (Å²) in [7, 11) is 0. The molecule has 3 rings (SSSR count). The summed E-state index contributed by atoms with van der Waals surface area (Å²) in [5.41, 5.74) is 2.90. The summed E-state index contributed by atoms with van der Waals surface area (Å²) < 4.78 is 0.